The van der Waals surface area contributed by atoms with Gasteiger partial charge in [0.1, 0.15) is 11.4 Å². The molecule has 4 aromatic rings. The molecule has 0 atom stereocenters. The first-order valence-corrected chi connectivity index (χ1v) is 8.65. The van der Waals surface area contributed by atoms with Gasteiger partial charge in [0.25, 0.3) is 0 Å². The van der Waals surface area contributed by atoms with Crippen LogP contribution in [-0.4, -0.2) is 14.9 Å². The van der Waals surface area contributed by atoms with Gasteiger partial charge in [-0.15, -0.1) is 0 Å². The molecule has 0 aliphatic rings. The second-order valence-corrected chi connectivity index (χ2v) is 6.48. The number of aromatic hydroxyl groups is 1. The highest BCUT2D eigenvalue weighted by molar-refractivity contribution is 5.79. The molecule has 0 aliphatic heterocycles. The van der Waals surface area contributed by atoms with E-state index < -0.39 is 0 Å². The molecule has 0 bridgehead atoms. The molecule has 3 nitrogen and oxygen atoms in total. The van der Waals surface area contributed by atoms with Crippen molar-refractivity contribution < 1.29 is 5.11 Å². The van der Waals surface area contributed by atoms with Crippen molar-refractivity contribution in [2.75, 3.05) is 0 Å². The molecule has 0 aliphatic carbocycles. The fraction of sp³-hybridized carbons (Fsp3) is 0.0870. The van der Waals surface area contributed by atoms with Crippen molar-refractivity contribution in [3.05, 3.63) is 90.0 Å². The lowest BCUT2D eigenvalue weighted by Crippen LogP contribution is -2.01. The molecule has 0 saturated heterocycles. The molecular weight excluding hydrogens is 320 g/mol. The van der Waals surface area contributed by atoms with Crippen molar-refractivity contribution in [3.63, 3.8) is 0 Å². The van der Waals surface area contributed by atoms with Gasteiger partial charge in [-0.25, -0.2) is 4.68 Å². The average Bonchev–Trinajstić information content (AvgIpc) is 3.01. The summed E-state index contributed by atoms with van der Waals surface area (Å²) in [7, 11) is 0. The van der Waals surface area contributed by atoms with Crippen LogP contribution in [0.15, 0.2) is 78.9 Å². The standard InChI is InChI=1S/C23H20N2O/c1-16-12-14-19(15-13-16)22-23(26)21(18-9-4-3-5-10-18)24-25(22)20-11-7-6-8-17(20)2/h3-15,26H,1-2H3. The Hall–Kier alpha value is -3.33. The summed E-state index contributed by atoms with van der Waals surface area (Å²) < 4.78 is 1.84. The van der Waals surface area contributed by atoms with Crippen LogP contribution in [0.5, 0.6) is 5.75 Å². The predicted octanol–water partition coefficient (Wildman–Crippen LogP) is 5.53. The molecule has 4 rings (SSSR count). The smallest absolute Gasteiger partial charge is 0.170 e. The van der Waals surface area contributed by atoms with Gasteiger partial charge in [0, 0.05) is 11.1 Å². The first kappa shape index (κ1) is 16.2. The monoisotopic (exact) mass is 340 g/mol. The molecule has 1 N–H and O–H groups in total. The summed E-state index contributed by atoms with van der Waals surface area (Å²) in [5.41, 5.74) is 6.36. The fourth-order valence-corrected chi connectivity index (χ4v) is 3.15. The number of para-hydroxylation sites is 1. The Morgan fingerprint density at radius 1 is 0.731 bits per heavy atom. The minimum atomic E-state index is 0.198. The molecule has 3 aromatic carbocycles. The third-order valence-electron chi connectivity index (χ3n) is 4.58. The highest BCUT2D eigenvalue weighted by Gasteiger charge is 2.21. The molecule has 0 spiro atoms. The number of hydrogen-bond donors (Lipinski definition) is 1. The van der Waals surface area contributed by atoms with E-state index in [0.29, 0.717) is 11.4 Å². The lowest BCUT2D eigenvalue weighted by atomic mass is 10.1. The molecule has 128 valence electrons. The van der Waals surface area contributed by atoms with Crippen molar-refractivity contribution in [1.82, 2.24) is 9.78 Å². The van der Waals surface area contributed by atoms with Crippen molar-refractivity contribution in [2.45, 2.75) is 13.8 Å². The van der Waals surface area contributed by atoms with Crippen LogP contribution in [0, 0.1) is 13.8 Å². The molecule has 0 fully saturated rings. The van der Waals surface area contributed by atoms with Crippen LogP contribution in [0.1, 0.15) is 11.1 Å². The maximum absolute atomic E-state index is 11.1. The lowest BCUT2D eigenvalue weighted by molar-refractivity contribution is 0.479. The summed E-state index contributed by atoms with van der Waals surface area (Å²) in [4.78, 5) is 0. The summed E-state index contributed by atoms with van der Waals surface area (Å²) in [6, 6.07) is 26.0. The zero-order chi connectivity index (χ0) is 18.1. The van der Waals surface area contributed by atoms with Crippen LogP contribution in [0.3, 0.4) is 0 Å². The van der Waals surface area contributed by atoms with Gasteiger partial charge in [0.15, 0.2) is 5.75 Å². The van der Waals surface area contributed by atoms with Crippen molar-refractivity contribution in [1.29, 1.82) is 0 Å². The highest BCUT2D eigenvalue weighted by atomic mass is 16.3. The van der Waals surface area contributed by atoms with E-state index in [2.05, 4.69) is 19.9 Å². The van der Waals surface area contributed by atoms with Gasteiger partial charge in [-0.1, -0.05) is 78.4 Å². The predicted molar refractivity (Wildman–Crippen MR) is 106 cm³/mol. The number of nitrogens with zero attached hydrogens (tertiary/aromatic N) is 2. The van der Waals surface area contributed by atoms with Gasteiger partial charge in [-0.2, -0.15) is 5.10 Å². The van der Waals surface area contributed by atoms with E-state index in [4.69, 9.17) is 5.10 Å². The molecular formula is C23H20N2O. The van der Waals surface area contributed by atoms with Crippen molar-refractivity contribution in [3.8, 4) is 34.0 Å². The Morgan fingerprint density at radius 2 is 1.38 bits per heavy atom. The maximum Gasteiger partial charge on any atom is 0.170 e. The molecule has 1 heterocycles. The Kier molecular flexibility index (Phi) is 4.05. The van der Waals surface area contributed by atoms with Crippen LogP contribution in [0.25, 0.3) is 28.2 Å². The Bertz CT molecular complexity index is 1050. The zero-order valence-corrected chi connectivity index (χ0v) is 14.8. The van der Waals surface area contributed by atoms with Crippen molar-refractivity contribution in [2.24, 2.45) is 0 Å². The summed E-state index contributed by atoms with van der Waals surface area (Å²) >= 11 is 0. The SMILES string of the molecule is Cc1ccc(-c2c(O)c(-c3ccccc3)nn2-c2ccccc2C)cc1. The van der Waals surface area contributed by atoms with Crippen LogP contribution >= 0.6 is 0 Å². The molecule has 0 saturated carbocycles. The van der Waals surface area contributed by atoms with E-state index in [0.717, 1.165) is 22.4 Å². The third-order valence-corrected chi connectivity index (χ3v) is 4.58. The summed E-state index contributed by atoms with van der Waals surface area (Å²) in [6.07, 6.45) is 0. The van der Waals surface area contributed by atoms with Gasteiger partial charge in [-0.3, -0.25) is 0 Å². The number of benzene rings is 3. The van der Waals surface area contributed by atoms with E-state index in [9.17, 15) is 5.11 Å². The van der Waals surface area contributed by atoms with Crippen LogP contribution in [-0.2, 0) is 0 Å². The van der Waals surface area contributed by atoms with Crippen molar-refractivity contribution >= 4 is 0 Å². The fourth-order valence-electron chi connectivity index (χ4n) is 3.15. The largest absolute Gasteiger partial charge is 0.504 e. The zero-order valence-electron chi connectivity index (χ0n) is 14.8. The Morgan fingerprint density at radius 3 is 2.08 bits per heavy atom. The lowest BCUT2D eigenvalue weighted by Gasteiger charge is -2.10. The van der Waals surface area contributed by atoms with Gasteiger partial charge in [0.2, 0.25) is 0 Å². The van der Waals surface area contributed by atoms with Gasteiger partial charge >= 0.3 is 0 Å². The average molecular weight is 340 g/mol. The molecule has 3 heteroatoms. The first-order valence-electron chi connectivity index (χ1n) is 8.65. The molecule has 26 heavy (non-hydrogen) atoms. The van der Waals surface area contributed by atoms with E-state index in [1.165, 1.54) is 5.56 Å². The van der Waals surface area contributed by atoms with E-state index in [1.54, 1.807) is 0 Å². The van der Waals surface area contributed by atoms with Crippen LogP contribution in [0.2, 0.25) is 0 Å². The van der Waals surface area contributed by atoms with Gasteiger partial charge < -0.3 is 5.11 Å². The van der Waals surface area contributed by atoms with Crippen LogP contribution in [0.4, 0.5) is 0 Å². The number of hydrogen-bond acceptors (Lipinski definition) is 2. The summed E-state index contributed by atoms with van der Waals surface area (Å²) in [5.74, 6) is 0.198. The number of rotatable bonds is 3. The van der Waals surface area contributed by atoms with E-state index >= 15 is 0 Å². The normalized spacial score (nSPS) is 10.8. The highest BCUT2D eigenvalue weighted by Crippen LogP contribution is 2.39. The summed E-state index contributed by atoms with van der Waals surface area (Å²) in [6.45, 7) is 4.10. The number of aromatic nitrogens is 2. The third kappa shape index (κ3) is 2.78. The van der Waals surface area contributed by atoms with E-state index in [-0.39, 0.29) is 5.75 Å². The molecule has 0 amide bonds. The molecule has 0 unspecified atom stereocenters. The van der Waals surface area contributed by atoms with Crippen LogP contribution < -0.4 is 0 Å². The molecule has 0 radical (unpaired) electrons. The second kappa shape index (κ2) is 6.52. The Balaban J connectivity index is 2.00. The number of aryl methyl sites for hydroxylation is 2. The minimum absolute atomic E-state index is 0.198. The van der Waals surface area contributed by atoms with E-state index in [1.807, 2.05) is 77.5 Å². The Labute approximate surface area is 153 Å². The summed E-state index contributed by atoms with van der Waals surface area (Å²) in [5, 5.41) is 15.8. The quantitative estimate of drug-likeness (QED) is 0.532. The second-order valence-electron chi connectivity index (χ2n) is 6.48. The van der Waals surface area contributed by atoms with Gasteiger partial charge in [0.05, 0.1) is 5.69 Å². The maximum atomic E-state index is 11.1. The molecule has 1 aromatic heterocycles. The van der Waals surface area contributed by atoms with Gasteiger partial charge in [-0.05, 0) is 25.5 Å². The first-order chi connectivity index (χ1) is 12.6. The minimum Gasteiger partial charge on any atom is -0.504 e. The topological polar surface area (TPSA) is 38.1 Å².